The number of nitrogens with two attached hydrogens (primary N) is 1. The van der Waals surface area contributed by atoms with Crippen LogP contribution in [0.3, 0.4) is 0 Å². The van der Waals surface area contributed by atoms with Gasteiger partial charge in [-0.15, -0.1) is 6.42 Å². The first-order valence-corrected chi connectivity index (χ1v) is 8.81. The van der Waals surface area contributed by atoms with Crippen molar-refractivity contribution in [3.05, 3.63) is 41.6 Å². The molecule has 27 heavy (non-hydrogen) atoms. The third kappa shape index (κ3) is 4.36. The second kappa shape index (κ2) is 7.25. The van der Waals surface area contributed by atoms with Gasteiger partial charge in [0, 0.05) is 30.7 Å². The first-order valence-electron chi connectivity index (χ1n) is 8.81. The zero-order valence-electron chi connectivity index (χ0n) is 16.1. The first-order chi connectivity index (χ1) is 12.8. The maximum Gasteiger partial charge on any atom is 0.226 e. The molecule has 7 nitrogen and oxygen atoms in total. The van der Waals surface area contributed by atoms with Crippen molar-refractivity contribution >= 4 is 22.8 Å². The summed E-state index contributed by atoms with van der Waals surface area (Å²) < 4.78 is 1.73. The summed E-state index contributed by atoms with van der Waals surface area (Å²) in [4.78, 5) is 9.20. The molecule has 4 N–H and O–H groups in total. The fraction of sp³-hybridized carbons (Fsp3) is 0.350. The van der Waals surface area contributed by atoms with Gasteiger partial charge >= 0.3 is 0 Å². The smallest absolute Gasteiger partial charge is 0.226 e. The summed E-state index contributed by atoms with van der Waals surface area (Å²) in [6.45, 7) is 6.72. The Morgan fingerprint density at radius 1 is 1.30 bits per heavy atom. The van der Waals surface area contributed by atoms with E-state index >= 15 is 0 Å². The van der Waals surface area contributed by atoms with Crippen LogP contribution in [0.4, 0.5) is 11.8 Å². The molecule has 3 rings (SSSR count). The SMILES string of the molecule is C#Cc1cccc(C(N)CNc2nc(NC(C)(C)C)c3cnn(C)c3n2)c1. The molecule has 1 atom stereocenters. The summed E-state index contributed by atoms with van der Waals surface area (Å²) in [5, 5.41) is 11.8. The molecule has 0 spiro atoms. The van der Waals surface area contributed by atoms with E-state index in [0.717, 1.165) is 28.0 Å². The van der Waals surface area contributed by atoms with Crippen molar-refractivity contribution in [3.63, 3.8) is 0 Å². The van der Waals surface area contributed by atoms with Crippen LogP contribution in [0.15, 0.2) is 30.5 Å². The Morgan fingerprint density at radius 2 is 2.07 bits per heavy atom. The molecule has 1 aromatic carbocycles. The number of aryl methyl sites for hydroxylation is 1. The van der Waals surface area contributed by atoms with Crippen molar-refractivity contribution in [3.8, 4) is 12.3 Å². The predicted molar refractivity (Wildman–Crippen MR) is 109 cm³/mol. The zero-order valence-corrected chi connectivity index (χ0v) is 16.1. The zero-order chi connectivity index (χ0) is 19.6. The van der Waals surface area contributed by atoms with Crippen molar-refractivity contribution in [2.75, 3.05) is 17.2 Å². The Labute approximate surface area is 159 Å². The van der Waals surface area contributed by atoms with Gasteiger partial charge in [-0.3, -0.25) is 4.68 Å². The van der Waals surface area contributed by atoms with Crippen LogP contribution in [0.25, 0.3) is 11.0 Å². The number of benzene rings is 1. The molecule has 2 aromatic heterocycles. The van der Waals surface area contributed by atoms with Gasteiger partial charge in [0.2, 0.25) is 5.95 Å². The van der Waals surface area contributed by atoms with Crippen LogP contribution in [0.1, 0.15) is 37.9 Å². The van der Waals surface area contributed by atoms with Crippen molar-refractivity contribution in [1.82, 2.24) is 19.7 Å². The van der Waals surface area contributed by atoms with Gasteiger partial charge in [-0.25, -0.2) is 0 Å². The molecule has 0 aliphatic carbocycles. The van der Waals surface area contributed by atoms with Crippen molar-refractivity contribution < 1.29 is 0 Å². The lowest BCUT2D eigenvalue weighted by Gasteiger charge is -2.22. The highest BCUT2D eigenvalue weighted by Gasteiger charge is 2.17. The van der Waals surface area contributed by atoms with Gasteiger partial charge in [0.1, 0.15) is 5.82 Å². The number of rotatable bonds is 5. The molecule has 140 valence electrons. The van der Waals surface area contributed by atoms with E-state index in [9.17, 15) is 0 Å². The van der Waals surface area contributed by atoms with E-state index in [0.29, 0.717) is 12.5 Å². The minimum atomic E-state index is -0.233. The van der Waals surface area contributed by atoms with Gasteiger partial charge in [0.15, 0.2) is 5.65 Å². The minimum absolute atomic E-state index is 0.138. The third-order valence-corrected chi connectivity index (χ3v) is 4.05. The highest BCUT2D eigenvalue weighted by atomic mass is 15.3. The number of aromatic nitrogens is 4. The van der Waals surface area contributed by atoms with E-state index in [4.69, 9.17) is 12.2 Å². The molecule has 1 unspecified atom stereocenters. The third-order valence-electron chi connectivity index (χ3n) is 4.05. The molecule has 0 fully saturated rings. The Hall–Kier alpha value is -3.11. The Kier molecular flexibility index (Phi) is 5.02. The normalized spacial score (nSPS) is 12.6. The van der Waals surface area contributed by atoms with Gasteiger partial charge in [0.05, 0.1) is 11.6 Å². The van der Waals surface area contributed by atoms with E-state index in [2.05, 4.69) is 52.4 Å². The molecule has 3 aromatic rings. The second-order valence-corrected chi connectivity index (χ2v) is 7.53. The van der Waals surface area contributed by atoms with Crippen molar-refractivity contribution in [2.24, 2.45) is 12.8 Å². The van der Waals surface area contributed by atoms with E-state index < -0.39 is 0 Å². The van der Waals surface area contributed by atoms with Crippen LogP contribution in [-0.2, 0) is 7.05 Å². The molecule has 0 saturated carbocycles. The number of terminal acetylenes is 1. The highest BCUT2D eigenvalue weighted by Crippen LogP contribution is 2.24. The van der Waals surface area contributed by atoms with E-state index in [1.165, 1.54) is 0 Å². The first kappa shape index (κ1) is 18.7. The molecule has 0 aliphatic heterocycles. The average Bonchev–Trinajstić information content (AvgIpc) is 3.00. The molecule has 2 heterocycles. The summed E-state index contributed by atoms with van der Waals surface area (Å²) in [6, 6.07) is 7.44. The standard InChI is InChI=1S/C20H25N7/c1-6-13-8-7-9-14(10-13)16(21)12-22-19-24-17(26-20(2,3)4)15-11-23-27(5)18(15)25-19/h1,7-11,16H,12,21H2,2-5H3,(H2,22,24,25,26). The fourth-order valence-corrected chi connectivity index (χ4v) is 2.73. The summed E-state index contributed by atoms with van der Waals surface area (Å²) in [7, 11) is 1.86. The summed E-state index contributed by atoms with van der Waals surface area (Å²) in [5.74, 6) is 3.87. The highest BCUT2D eigenvalue weighted by molar-refractivity contribution is 5.87. The van der Waals surface area contributed by atoms with Crippen LogP contribution in [0, 0.1) is 12.3 Å². The maximum atomic E-state index is 6.31. The number of nitrogens with one attached hydrogen (secondary N) is 2. The topological polar surface area (TPSA) is 93.7 Å². The number of anilines is 2. The van der Waals surface area contributed by atoms with Crippen LogP contribution in [-0.4, -0.2) is 31.8 Å². The molecule has 0 bridgehead atoms. The van der Waals surface area contributed by atoms with Crippen molar-refractivity contribution in [1.29, 1.82) is 0 Å². The van der Waals surface area contributed by atoms with E-state index in [1.807, 2.05) is 31.3 Å². The second-order valence-electron chi connectivity index (χ2n) is 7.53. The lowest BCUT2D eigenvalue weighted by atomic mass is 10.0. The Bertz CT molecular complexity index is 992. The molecule has 0 radical (unpaired) electrons. The lowest BCUT2D eigenvalue weighted by molar-refractivity contribution is 0.631. The number of fused-ring (bicyclic) bond motifs is 1. The minimum Gasteiger partial charge on any atom is -0.365 e. The molecule has 7 heteroatoms. The van der Waals surface area contributed by atoms with E-state index in [-0.39, 0.29) is 11.6 Å². The number of hydrogen-bond acceptors (Lipinski definition) is 6. The summed E-state index contributed by atoms with van der Waals surface area (Å²) in [6.07, 6.45) is 7.23. The van der Waals surface area contributed by atoms with E-state index in [1.54, 1.807) is 10.9 Å². The molecule has 0 amide bonds. The molecular weight excluding hydrogens is 338 g/mol. The lowest BCUT2D eigenvalue weighted by Crippen LogP contribution is -2.27. The van der Waals surface area contributed by atoms with Crippen LogP contribution < -0.4 is 16.4 Å². The fourth-order valence-electron chi connectivity index (χ4n) is 2.73. The van der Waals surface area contributed by atoms with Crippen LogP contribution in [0.2, 0.25) is 0 Å². The van der Waals surface area contributed by atoms with Crippen molar-refractivity contribution in [2.45, 2.75) is 32.4 Å². The maximum absolute atomic E-state index is 6.31. The molecular formula is C20H25N7. The monoisotopic (exact) mass is 363 g/mol. The number of hydrogen-bond donors (Lipinski definition) is 3. The van der Waals surface area contributed by atoms with Crippen LogP contribution >= 0.6 is 0 Å². The quantitative estimate of drug-likeness (QED) is 0.604. The van der Waals surface area contributed by atoms with Gasteiger partial charge < -0.3 is 16.4 Å². The number of nitrogens with zero attached hydrogens (tertiary/aromatic N) is 4. The summed E-state index contributed by atoms with van der Waals surface area (Å²) >= 11 is 0. The predicted octanol–water partition coefficient (Wildman–Crippen LogP) is 2.67. The molecule has 0 aliphatic rings. The Balaban J connectivity index is 1.84. The summed E-state index contributed by atoms with van der Waals surface area (Å²) in [5.41, 5.74) is 8.70. The van der Waals surface area contributed by atoms with Gasteiger partial charge in [-0.2, -0.15) is 15.1 Å². The molecule has 0 saturated heterocycles. The van der Waals surface area contributed by atoms with Gasteiger partial charge in [0.25, 0.3) is 0 Å². The van der Waals surface area contributed by atoms with Crippen LogP contribution in [0.5, 0.6) is 0 Å². The largest absolute Gasteiger partial charge is 0.365 e. The Morgan fingerprint density at radius 3 is 2.78 bits per heavy atom. The van der Waals surface area contributed by atoms with Gasteiger partial charge in [-0.05, 0) is 38.5 Å². The average molecular weight is 363 g/mol. The van der Waals surface area contributed by atoms with Gasteiger partial charge in [-0.1, -0.05) is 18.1 Å².